The van der Waals surface area contributed by atoms with Crippen LogP contribution in [0.4, 0.5) is 0 Å². The van der Waals surface area contributed by atoms with E-state index in [1.165, 1.54) is 33.4 Å². The van der Waals surface area contributed by atoms with Gasteiger partial charge in [-0.3, -0.25) is 0 Å². The van der Waals surface area contributed by atoms with Crippen LogP contribution < -0.4 is 5.73 Å². The summed E-state index contributed by atoms with van der Waals surface area (Å²) in [6.07, 6.45) is 1.83. The topological polar surface area (TPSA) is 26.0 Å². The van der Waals surface area contributed by atoms with Gasteiger partial charge in [0.15, 0.2) is 0 Å². The smallest absolute Gasteiger partial charge is 0.0399 e. The minimum Gasteiger partial charge on any atom is -0.326 e. The SMILES string of the molecule is Cc1ccc(C(C)(C)CC(C)(C)N)c(-c2cc(C(C)(C)CC(C)(C)Cl)ccc2C)c1. The standard InChI is InChI=1S/C28H42ClN/c1-19-11-14-24(26(5,6)18-28(9,10)30)23(15-19)22-16-21(13-12-20(22)2)25(3,4)17-27(7,8)29/h11-16H,17-18,30H2,1-10H3. The van der Waals surface area contributed by atoms with Crippen LogP contribution in [0.1, 0.15) is 90.5 Å². The van der Waals surface area contributed by atoms with E-state index in [2.05, 4.69) is 106 Å². The number of hydrogen-bond donors (Lipinski definition) is 1. The molecule has 2 heteroatoms. The third kappa shape index (κ3) is 6.34. The zero-order valence-corrected chi connectivity index (χ0v) is 21.6. The van der Waals surface area contributed by atoms with Crippen LogP contribution in [0.5, 0.6) is 0 Å². The Hall–Kier alpha value is -1.31. The first-order valence-electron chi connectivity index (χ1n) is 11.1. The van der Waals surface area contributed by atoms with Gasteiger partial charge in [-0.1, -0.05) is 69.7 Å². The zero-order chi connectivity index (χ0) is 23.1. The summed E-state index contributed by atoms with van der Waals surface area (Å²) < 4.78 is 0. The van der Waals surface area contributed by atoms with Crippen molar-refractivity contribution in [1.29, 1.82) is 0 Å². The third-order valence-electron chi connectivity index (χ3n) is 5.97. The highest BCUT2D eigenvalue weighted by Gasteiger charge is 2.32. The van der Waals surface area contributed by atoms with Gasteiger partial charge in [0.25, 0.3) is 0 Å². The fourth-order valence-corrected chi connectivity index (χ4v) is 5.53. The lowest BCUT2D eigenvalue weighted by atomic mass is 9.71. The lowest BCUT2D eigenvalue weighted by Crippen LogP contribution is -2.39. The van der Waals surface area contributed by atoms with Gasteiger partial charge in [-0.25, -0.2) is 0 Å². The molecule has 30 heavy (non-hydrogen) atoms. The Bertz CT molecular complexity index is 892. The van der Waals surface area contributed by atoms with Crippen LogP contribution in [0.15, 0.2) is 36.4 Å². The maximum atomic E-state index is 6.61. The summed E-state index contributed by atoms with van der Waals surface area (Å²) in [5, 5.41) is 0. The average Bonchev–Trinajstić information content (AvgIpc) is 2.50. The zero-order valence-electron chi connectivity index (χ0n) is 20.8. The maximum Gasteiger partial charge on any atom is 0.0399 e. The van der Waals surface area contributed by atoms with Crippen molar-refractivity contribution >= 4 is 11.6 Å². The van der Waals surface area contributed by atoms with E-state index in [4.69, 9.17) is 17.3 Å². The number of aryl methyl sites for hydroxylation is 2. The monoisotopic (exact) mass is 427 g/mol. The first-order valence-corrected chi connectivity index (χ1v) is 11.5. The second-order valence-corrected chi connectivity index (χ2v) is 12.9. The van der Waals surface area contributed by atoms with Crippen LogP contribution in [0.2, 0.25) is 0 Å². The molecule has 0 fully saturated rings. The lowest BCUT2D eigenvalue weighted by molar-refractivity contribution is 0.351. The van der Waals surface area contributed by atoms with Crippen molar-refractivity contribution in [2.45, 2.75) is 103 Å². The molecule has 0 aromatic heterocycles. The number of alkyl halides is 1. The average molecular weight is 428 g/mol. The van der Waals surface area contributed by atoms with Crippen LogP contribution in [0.3, 0.4) is 0 Å². The molecule has 2 aromatic rings. The van der Waals surface area contributed by atoms with Crippen LogP contribution in [-0.2, 0) is 10.8 Å². The van der Waals surface area contributed by atoms with Gasteiger partial charge in [0.05, 0.1) is 0 Å². The minimum absolute atomic E-state index is 0.00748. The van der Waals surface area contributed by atoms with Gasteiger partial charge in [0, 0.05) is 10.4 Å². The van der Waals surface area contributed by atoms with Crippen molar-refractivity contribution in [3.05, 3.63) is 58.7 Å². The molecular weight excluding hydrogens is 386 g/mol. The van der Waals surface area contributed by atoms with Crippen molar-refractivity contribution < 1.29 is 0 Å². The Morgan fingerprint density at radius 1 is 0.733 bits per heavy atom. The van der Waals surface area contributed by atoms with Gasteiger partial charge >= 0.3 is 0 Å². The molecule has 1 nitrogen and oxygen atoms in total. The van der Waals surface area contributed by atoms with E-state index in [0.29, 0.717) is 0 Å². The van der Waals surface area contributed by atoms with Crippen LogP contribution in [-0.4, -0.2) is 10.4 Å². The maximum absolute atomic E-state index is 6.61. The molecule has 0 amide bonds. The Labute approximate surface area is 190 Å². The first kappa shape index (κ1) is 25.0. The molecule has 0 heterocycles. The highest BCUT2D eigenvalue weighted by Crippen LogP contribution is 2.42. The summed E-state index contributed by atoms with van der Waals surface area (Å²) in [4.78, 5) is -0.238. The van der Waals surface area contributed by atoms with Gasteiger partial charge < -0.3 is 5.73 Å². The molecule has 0 aliphatic carbocycles. The largest absolute Gasteiger partial charge is 0.326 e. The molecule has 0 bridgehead atoms. The van der Waals surface area contributed by atoms with Crippen molar-refractivity contribution in [3.8, 4) is 11.1 Å². The van der Waals surface area contributed by atoms with Gasteiger partial charge in [0.2, 0.25) is 0 Å². The summed E-state index contributed by atoms with van der Waals surface area (Å²) in [5.41, 5.74) is 14.1. The minimum atomic E-state index is -0.238. The Balaban J connectivity index is 2.66. The van der Waals surface area contributed by atoms with Crippen LogP contribution >= 0.6 is 11.6 Å². The quantitative estimate of drug-likeness (QED) is 0.444. The van der Waals surface area contributed by atoms with Crippen molar-refractivity contribution in [3.63, 3.8) is 0 Å². The predicted molar refractivity (Wildman–Crippen MR) is 135 cm³/mol. The molecule has 166 valence electrons. The molecule has 0 unspecified atom stereocenters. The molecule has 0 aliphatic heterocycles. The number of nitrogens with two attached hydrogens (primary N) is 1. The molecule has 0 aliphatic rings. The predicted octanol–water partition coefficient (Wildman–Crippen LogP) is 8.06. The first-order chi connectivity index (χ1) is 13.4. The molecule has 0 atom stereocenters. The molecule has 0 saturated carbocycles. The molecule has 0 spiro atoms. The third-order valence-corrected chi connectivity index (χ3v) is 6.11. The van der Waals surface area contributed by atoms with E-state index in [0.717, 1.165) is 12.8 Å². The summed E-state index contributed by atoms with van der Waals surface area (Å²) in [7, 11) is 0. The van der Waals surface area contributed by atoms with Crippen molar-refractivity contribution in [2.75, 3.05) is 0 Å². The molecule has 2 N–H and O–H groups in total. The van der Waals surface area contributed by atoms with E-state index < -0.39 is 0 Å². The lowest BCUT2D eigenvalue weighted by Gasteiger charge is -2.35. The van der Waals surface area contributed by atoms with Gasteiger partial charge in [0.1, 0.15) is 0 Å². The summed E-state index contributed by atoms with van der Waals surface area (Å²) in [5.74, 6) is 0. The van der Waals surface area contributed by atoms with E-state index in [1.807, 2.05) is 0 Å². The van der Waals surface area contributed by atoms with E-state index in [9.17, 15) is 0 Å². The highest BCUT2D eigenvalue weighted by atomic mass is 35.5. The van der Waals surface area contributed by atoms with Crippen LogP contribution in [0, 0.1) is 13.8 Å². The van der Waals surface area contributed by atoms with Gasteiger partial charge in [-0.2, -0.15) is 0 Å². The highest BCUT2D eigenvalue weighted by molar-refractivity contribution is 6.23. The van der Waals surface area contributed by atoms with Crippen molar-refractivity contribution in [1.82, 2.24) is 0 Å². The molecule has 0 radical (unpaired) electrons. The number of rotatable bonds is 7. The second kappa shape index (κ2) is 8.32. The molecule has 0 saturated heterocycles. The van der Waals surface area contributed by atoms with Crippen LogP contribution in [0.25, 0.3) is 11.1 Å². The fraction of sp³-hybridized carbons (Fsp3) is 0.571. The normalized spacial score (nSPS) is 13.6. The molecule has 2 aromatic carbocycles. The summed E-state index contributed by atoms with van der Waals surface area (Å²) in [6, 6.07) is 13.8. The fourth-order valence-electron chi connectivity index (χ4n) is 5.19. The Morgan fingerprint density at radius 3 is 1.87 bits per heavy atom. The molecule has 2 rings (SSSR count). The summed E-state index contributed by atoms with van der Waals surface area (Å²) >= 11 is 6.61. The number of hydrogen-bond acceptors (Lipinski definition) is 1. The van der Waals surface area contributed by atoms with Gasteiger partial charge in [-0.15, -0.1) is 11.6 Å². The van der Waals surface area contributed by atoms with E-state index in [-0.39, 0.29) is 21.2 Å². The Morgan fingerprint density at radius 2 is 1.33 bits per heavy atom. The Kier molecular flexibility index (Phi) is 6.92. The summed E-state index contributed by atoms with van der Waals surface area (Å²) in [6.45, 7) is 22.0. The number of benzene rings is 2. The van der Waals surface area contributed by atoms with E-state index in [1.54, 1.807) is 0 Å². The molecular formula is C28H42ClN. The number of halogens is 1. The van der Waals surface area contributed by atoms with Gasteiger partial charge in [-0.05, 0) is 93.0 Å². The van der Waals surface area contributed by atoms with E-state index >= 15 is 0 Å². The second-order valence-electron chi connectivity index (χ2n) is 11.9. The van der Waals surface area contributed by atoms with Crippen molar-refractivity contribution in [2.24, 2.45) is 5.73 Å².